The van der Waals surface area contributed by atoms with Crippen LogP contribution in [-0.4, -0.2) is 54.6 Å². The zero-order valence-electron chi connectivity index (χ0n) is 19.0. The molecule has 6 heteroatoms. The molecule has 0 aliphatic carbocycles. The van der Waals surface area contributed by atoms with Gasteiger partial charge in [-0.1, -0.05) is 12.1 Å². The van der Waals surface area contributed by atoms with Crippen molar-refractivity contribution in [2.45, 2.75) is 25.9 Å². The lowest BCUT2D eigenvalue weighted by molar-refractivity contribution is -0.127. The fraction of sp³-hybridized carbons (Fsp3) is 0.400. The molecule has 0 saturated carbocycles. The Labute approximate surface area is 184 Å². The Morgan fingerprint density at radius 3 is 2.42 bits per heavy atom. The van der Waals surface area contributed by atoms with Crippen LogP contribution >= 0.6 is 0 Å². The van der Waals surface area contributed by atoms with Gasteiger partial charge in [-0.2, -0.15) is 0 Å². The Morgan fingerprint density at radius 2 is 1.77 bits per heavy atom. The number of benzene rings is 2. The normalized spacial score (nSPS) is 16.2. The molecule has 3 aromatic rings. The van der Waals surface area contributed by atoms with Crippen molar-refractivity contribution in [2.24, 2.45) is 7.05 Å². The first-order chi connectivity index (χ1) is 14.9. The first kappa shape index (κ1) is 21.2. The summed E-state index contributed by atoms with van der Waals surface area (Å²) >= 11 is 0. The molecule has 1 aliphatic rings. The van der Waals surface area contributed by atoms with Crippen LogP contribution in [0.15, 0.2) is 42.5 Å². The lowest BCUT2D eigenvalue weighted by Crippen LogP contribution is -2.39. The Hall–Kier alpha value is -2.99. The minimum absolute atomic E-state index is 0.0933. The zero-order valence-corrected chi connectivity index (χ0v) is 19.0. The van der Waals surface area contributed by atoms with Gasteiger partial charge in [-0.05, 0) is 35.4 Å². The van der Waals surface area contributed by atoms with Crippen LogP contribution in [0, 0.1) is 0 Å². The van der Waals surface area contributed by atoms with Crippen LogP contribution in [0.5, 0.6) is 11.5 Å². The van der Waals surface area contributed by atoms with Crippen molar-refractivity contribution in [3.8, 4) is 11.5 Å². The number of rotatable bonds is 6. The van der Waals surface area contributed by atoms with Crippen LogP contribution in [-0.2, 0) is 24.9 Å². The summed E-state index contributed by atoms with van der Waals surface area (Å²) in [5.74, 6) is 2.06. The highest BCUT2D eigenvalue weighted by Crippen LogP contribution is 2.38. The van der Waals surface area contributed by atoms with Crippen LogP contribution in [0.3, 0.4) is 0 Å². The maximum atomic E-state index is 12.0. The molecule has 2 aromatic carbocycles. The summed E-state index contributed by atoms with van der Waals surface area (Å²) in [6.07, 6.45) is 0. The SMILES string of the molecule is COc1ccc(CN2Cc3c(c4ccc(OC)cc4n3C)C(CN(C)C(C)=O)C2)cc1. The number of hydrogen-bond donors (Lipinski definition) is 0. The summed E-state index contributed by atoms with van der Waals surface area (Å²) in [6.45, 7) is 4.96. The molecular weight excluding hydrogens is 390 g/mol. The molecule has 6 nitrogen and oxygen atoms in total. The molecule has 0 radical (unpaired) electrons. The monoisotopic (exact) mass is 421 g/mol. The average Bonchev–Trinajstić information content (AvgIpc) is 3.05. The van der Waals surface area contributed by atoms with E-state index in [4.69, 9.17) is 9.47 Å². The van der Waals surface area contributed by atoms with Gasteiger partial charge in [0, 0.05) is 70.3 Å². The number of hydrogen-bond acceptors (Lipinski definition) is 4. The van der Waals surface area contributed by atoms with Gasteiger partial charge in [0.05, 0.1) is 19.7 Å². The summed E-state index contributed by atoms with van der Waals surface area (Å²) in [7, 11) is 7.40. The van der Waals surface area contributed by atoms with E-state index in [1.165, 1.54) is 27.7 Å². The zero-order chi connectivity index (χ0) is 22.1. The van der Waals surface area contributed by atoms with Gasteiger partial charge < -0.3 is 18.9 Å². The fourth-order valence-electron chi connectivity index (χ4n) is 4.67. The van der Waals surface area contributed by atoms with Crippen molar-refractivity contribution in [3.63, 3.8) is 0 Å². The number of nitrogens with zero attached hydrogens (tertiary/aromatic N) is 3. The van der Waals surface area contributed by atoms with E-state index in [0.29, 0.717) is 6.54 Å². The van der Waals surface area contributed by atoms with Gasteiger partial charge in [0.2, 0.25) is 5.91 Å². The van der Waals surface area contributed by atoms with Gasteiger partial charge in [0.25, 0.3) is 0 Å². The Balaban J connectivity index is 1.71. The number of carbonyl (C=O) groups excluding carboxylic acids is 1. The standard InChI is InChI=1S/C25H31N3O3/c1-17(29)26(2)14-19-15-28(13-18-6-8-20(30-4)9-7-18)16-24-25(19)22-11-10-21(31-5)12-23(22)27(24)3/h6-12,19H,13-16H2,1-5H3. The Bertz CT molecular complexity index is 1090. The van der Waals surface area contributed by atoms with Crippen molar-refractivity contribution in [2.75, 3.05) is 34.4 Å². The van der Waals surface area contributed by atoms with E-state index in [2.05, 4.69) is 40.8 Å². The summed E-state index contributed by atoms with van der Waals surface area (Å²) in [5.41, 5.74) is 5.10. The van der Waals surface area contributed by atoms with Gasteiger partial charge in [-0.3, -0.25) is 9.69 Å². The molecule has 4 rings (SSSR count). The highest BCUT2D eigenvalue weighted by atomic mass is 16.5. The van der Waals surface area contributed by atoms with Crippen molar-refractivity contribution in [3.05, 3.63) is 59.3 Å². The lowest BCUT2D eigenvalue weighted by Gasteiger charge is -2.35. The van der Waals surface area contributed by atoms with E-state index >= 15 is 0 Å². The highest BCUT2D eigenvalue weighted by Gasteiger charge is 2.31. The number of carbonyl (C=O) groups is 1. The topological polar surface area (TPSA) is 46.9 Å². The largest absolute Gasteiger partial charge is 0.497 e. The third-order valence-corrected chi connectivity index (χ3v) is 6.43. The first-order valence-corrected chi connectivity index (χ1v) is 10.6. The molecule has 1 aromatic heterocycles. The molecule has 1 unspecified atom stereocenters. The van der Waals surface area contributed by atoms with Crippen LogP contribution in [0.1, 0.15) is 29.7 Å². The predicted molar refractivity (Wildman–Crippen MR) is 123 cm³/mol. The molecule has 1 aliphatic heterocycles. The number of aromatic nitrogens is 1. The molecule has 164 valence electrons. The van der Waals surface area contributed by atoms with E-state index in [0.717, 1.165) is 31.1 Å². The second-order valence-corrected chi connectivity index (χ2v) is 8.42. The molecule has 0 saturated heterocycles. The fourth-order valence-corrected chi connectivity index (χ4v) is 4.67. The van der Waals surface area contributed by atoms with Crippen LogP contribution in [0.4, 0.5) is 0 Å². The third-order valence-electron chi connectivity index (χ3n) is 6.43. The second-order valence-electron chi connectivity index (χ2n) is 8.42. The molecule has 0 bridgehead atoms. The number of methoxy groups -OCH3 is 2. The van der Waals surface area contributed by atoms with E-state index in [9.17, 15) is 4.79 Å². The Morgan fingerprint density at radius 1 is 1.10 bits per heavy atom. The maximum absolute atomic E-state index is 12.0. The minimum atomic E-state index is 0.0933. The first-order valence-electron chi connectivity index (χ1n) is 10.6. The van der Waals surface area contributed by atoms with Gasteiger partial charge in [0.1, 0.15) is 11.5 Å². The highest BCUT2D eigenvalue weighted by molar-refractivity contribution is 5.88. The van der Waals surface area contributed by atoms with Gasteiger partial charge in [-0.15, -0.1) is 0 Å². The number of likely N-dealkylation sites (N-methyl/N-ethyl adjacent to an activating group) is 1. The summed E-state index contributed by atoms with van der Waals surface area (Å²) in [4.78, 5) is 16.3. The van der Waals surface area contributed by atoms with E-state index < -0.39 is 0 Å². The van der Waals surface area contributed by atoms with Gasteiger partial charge in [0.15, 0.2) is 0 Å². The van der Waals surface area contributed by atoms with Crippen molar-refractivity contribution < 1.29 is 14.3 Å². The number of aryl methyl sites for hydroxylation is 1. The molecule has 2 heterocycles. The van der Waals surface area contributed by atoms with E-state index in [1.54, 1.807) is 21.1 Å². The molecule has 0 fully saturated rings. The minimum Gasteiger partial charge on any atom is -0.497 e. The molecule has 1 amide bonds. The lowest BCUT2D eigenvalue weighted by atomic mass is 9.91. The second kappa shape index (κ2) is 8.63. The van der Waals surface area contributed by atoms with Crippen LogP contribution < -0.4 is 9.47 Å². The number of amides is 1. The van der Waals surface area contributed by atoms with Crippen molar-refractivity contribution in [1.82, 2.24) is 14.4 Å². The van der Waals surface area contributed by atoms with E-state index in [1.807, 2.05) is 30.1 Å². The quantitative estimate of drug-likeness (QED) is 0.608. The van der Waals surface area contributed by atoms with Crippen LogP contribution in [0.2, 0.25) is 0 Å². The molecular formula is C25H31N3O3. The molecule has 0 N–H and O–H groups in total. The molecule has 31 heavy (non-hydrogen) atoms. The van der Waals surface area contributed by atoms with Crippen LogP contribution in [0.25, 0.3) is 10.9 Å². The predicted octanol–water partition coefficient (Wildman–Crippen LogP) is 3.77. The number of fused-ring (bicyclic) bond motifs is 3. The maximum Gasteiger partial charge on any atom is 0.219 e. The van der Waals surface area contributed by atoms with Crippen molar-refractivity contribution >= 4 is 16.8 Å². The average molecular weight is 422 g/mol. The van der Waals surface area contributed by atoms with Gasteiger partial charge >= 0.3 is 0 Å². The van der Waals surface area contributed by atoms with Gasteiger partial charge in [-0.25, -0.2) is 0 Å². The summed E-state index contributed by atoms with van der Waals surface area (Å²) < 4.78 is 13.0. The summed E-state index contributed by atoms with van der Waals surface area (Å²) in [5, 5.41) is 1.25. The smallest absolute Gasteiger partial charge is 0.219 e. The van der Waals surface area contributed by atoms with E-state index in [-0.39, 0.29) is 11.8 Å². The molecule has 1 atom stereocenters. The van der Waals surface area contributed by atoms with Crippen molar-refractivity contribution in [1.29, 1.82) is 0 Å². The summed E-state index contributed by atoms with van der Waals surface area (Å²) in [6, 6.07) is 14.6. The Kier molecular flexibility index (Phi) is 5.92. The number of ether oxygens (including phenoxy) is 2. The third kappa shape index (κ3) is 4.12. The molecule has 0 spiro atoms.